The van der Waals surface area contributed by atoms with Crippen LogP contribution in [0, 0.1) is 0 Å². The summed E-state index contributed by atoms with van der Waals surface area (Å²) in [5, 5.41) is 9.62. The van der Waals surface area contributed by atoms with Crippen molar-refractivity contribution in [3.63, 3.8) is 0 Å². The number of allylic oxidation sites excluding steroid dienone is 2. The number of phenolic OH excluding ortho intramolecular Hbond substituents is 1. The summed E-state index contributed by atoms with van der Waals surface area (Å²) >= 11 is 0. The largest absolute Gasteiger partial charge is 0.507 e. The lowest BCUT2D eigenvalue weighted by Crippen LogP contribution is -2.24. The monoisotopic (exact) mass is 234 g/mol. The predicted molar refractivity (Wildman–Crippen MR) is 57.8 cm³/mol. The van der Waals surface area contributed by atoms with Gasteiger partial charge >= 0.3 is 0 Å². The Kier molecular flexibility index (Phi) is 2.59. The van der Waals surface area contributed by atoms with Crippen molar-refractivity contribution in [2.45, 2.75) is 0 Å². The minimum Gasteiger partial charge on any atom is -0.507 e. The van der Waals surface area contributed by atoms with Gasteiger partial charge in [0.15, 0.2) is 0 Å². The molecule has 0 atom stereocenters. The van der Waals surface area contributed by atoms with Crippen LogP contribution >= 0.6 is 0 Å². The Morgan fingerprint density at radius 1 is 1.00 bits per heavy atom. The molecule has 0 heterocycles. The molecule has 0 saturated carbocycles. The average Bonchev–Trinajstić information content (AvgIpc) is 2.33. The number of rotatable bonds is 2. The molecule has 0 aromatic heterocycles. The van der Waals surface area contributed by atoms with Crippen molar-refractivity contribution in [1.29, 1.82) is 0 Å². The summed E-state index contributed by atoms with van der Waals surface area (Å²) in [6.45, 7) is 0. The van der Waals surface area contributed by atoms with Crippen molar-refractivity contribution < 1.29 is 24.2 Å². The van der Waals surface area contributed by atoms with E-state index in [2.05, 4.69) is 0 Å². The molecule has 2 rings (SSSR count). The van der Waals surface area contributed by atoms with Crippen LogP contribution in [0.15, 0.2) is 29.7 Å². The number of aromatic hydroxyl groups is 1. The zero-order valence-electron chi connectivity index (χ0n) is 9.31. The Hall–Kier alpha value is -2.30. The van der Waals surface area contributed by atoms with Gasteiger partial charge in [0.1, 0.15) is 5.75 Å². The SMILES string of the molecule is COC1=C(OC)C(=O)c2c(O)cccc2C1=O. The maximum atomic E-state index is 12.0. The minimum atomic E-state index is -0.558. The molecule has 5 nitrogen and oxygen atoms in total. The summed E-state index contributed by atoms with van der Waals surface area (Å²) in [6.07, 6.45) is 0. The van der Waals surface area contributed by atoms with E-state index in [0.717, 1.165) is 0 Å². The third-order valence-electron chi connectivity index (χ3n) is 2.54. The fourth-order valence-corrected chi connectivity index (χ4v) is 1.78. The average molecular weight is 234 g/mol. The maximum absolute atomic E-state index is 12.0. The molecule has 0 unspecified atom stereocenters. The smallest absolute Gasteiger partial charge is 0.236 e. The second-order valence-corrected chi connectivity index (χ2v) is 3.42. The van der Waals surface area contributed by atoms with Crippen LogP contribution in [0.2, 0.25) is 0 Å². The van der Waals surface area contributed by atoms with Crippen LogP contribution in [-0.4, -0.2) is 30.9 Å². The first-order valence-electron chi connectivity index (χ1n) is 4.85. The molecule has 0 fully saturated rings. The maximum Gasteiger partial charge on any atom is 0.236 e. The van der Waals surface area contributed by atoms with Crippen LogP contribution in [-0.2, 0) is 9.47 Å². The molecule has 0 spiro atoms. The summed E-state index contributed by atoms with van der Waals surface area (Å²) < 4.78 is 9.74. The highest BCUT2D eigenvalue weighted by Crippen LogP contribution is 2.32. The number of methoxy groups -OCH3 is 2. The molecule has 1 aromatic carbocycles. The molecule has 88 valence electrons. The van der Waals surface area contributed by atoms with Crippen LogP contribution in [0.3, 0.4) is 0 Å². The van der Waals surface area contributed by atoms with Gasteiger partial charge in [-0.1, -0.05) is 6.07 Å². The van der Waals surface area contributed by atoms with Crippen LogP contribution < -0.4 is 0 Å². The quantitative estimate of drug-likeness (QED) is 0.834. The first-order chi connectivity index (χ1) is 8.11. The van der Waals surface area contributed by atoms with Crippen molar-refractivity contribution in [2.24, 2.45) is 0 Å². The van der Waals surface area contributed by atoms with Crippen molar-refractivity contribution in [1.82, 2.24) is 0 Å². The molecule has 1 aliphatic carbocycles. The first kappa shape index (κ1) is 11.2. The molecule has 1 aromatic rings. The number of hydrogen-bond donors (Lipinski definition) is 1. The van der Waals surface area contributed by atoms with Gasteiger partial charge < -0.3 is 14.6 Å². The van der Waals surface area contributed by atoms with Crippen molar-refractivity contribution in [2.75, 3.05) is 14.2 Å². The van der Waals surface area contributed by atoms with E-state index >= 15 is 0 Å². The lowest BCUT2D eigenvalue weighted by Gasteiger charge is -2.19. The second-order valence-electron chi connectivity index (χ2n) is 3.42. The van der Waals surface area contributed by atoms with E-state index in [-0.39, 0.29) is 28.4 Å². The topological polar surface area (TPSA) is 72.8 Å². The van der Waals surface area contributed by atoms with Crippen LogP contribution in [0.25, 0.3) is 0 Å². The van der Waals surface area contributed by atoms with E-state index in [1.54, 1.807) is 0 Å². The number of fused-ring (bicyclic) bond motifs is 1. The van der Waals surface area contributed by atoms with Gasteiger partial charge in [0, 0.05) is 5.56 Å². The molecule has 0 aliphatic heterocycles. The zero-order chi connectivity index (χ0) is 12.6. The van der Waals surface area contributed by atoms with E-state index in [0.29, 0.717) is 0 Å². The normalized spacial score (nSPS) is 14.7. The van der Waals surface area contributed by atoms with Crippen molar-refractivity contribution in [3.8, 4) is 5.75 Å². The number of ether oxygens (including phenoxy) is 2. The van der Waals surface area contributed by atoms with E-state index in [1.165, 1.54) is 32.4 Å². The van der Waals surface area contributed by atoms with Gasteiger partial charge in [-0.05, 0) is 12.1 Å². The van der Waals surface area contributed by atoms with Gasteiger partial charge in [0.2, 0.25) is 23.1 Å². The third kappa shape index (κ3) is 1.47. The zero-order valence-corrected chi connectivity index (χ0v) is 9.31. The fraction of sp³-hybridized carbons (Fsp3) is 0.167. The summed E-state index contributed by atoms with van der Waals surface area (Å²) in [6, 6.07) is 4.29. The predicted octanol–water partition coefficient (Wildman–Crippen LogP) is 1.28. The number of carbonyl (C=O) groups is 2. The second kappa shape index (κ2) is 3.93. The number of ketones is 2. The van der Waals surface area contributed by atoms with Crippen LogP contribution in [0.5, 0.6) is 5.75 Å². The molecule has 0 amide bonds. The molecule has 0 bridgehead atoms. The molecule has 0 saturated heterocycles. The van der Waals surface area contributed by atoms with Gasteiger partial charge in [0.05, 0.1) is 19.8 Å². The lowest BCUT2D eigenvalue weighted by molar-refractivity contribution is 0.0826. The summed E-state index contributed by atoms with van der Waals surface area (Å²) in [4.78, 5) is 24.0. The molecule has 0 radical (unpaired) electrons. The van der Waals surface area contributed by atoms with Crippen LogP contribution in [0.1, 0.15) is 20.7 Å². The first-order valence-corrected chi connectivity index (χ1v) is 4.85. The van der Waals surface area contributed by atoms with Crippen molar-refractivity contribution >= 4 is 11.6 Å². The van der Waals surface area contributed by atoms with E-state index in [9.17, 15) is 14.7 Å². The molecule has 1 N–H and O–H groups in total. The molecule has 5 heteroatoms. The van der Waals surface area contributed by atoms with Gasteiger partial charge in [0.25, 0.3) is 0 Å². The number of carbonyl (C=O) groups excluding carboxylic acids is 2. The highest BCUT2D eigenvalue weighted by atomic mass is 16.5. The molecule has 1 aliphatic rings. The highest BCUT2D eigenvalue weighted by molar-refractivity contribution is 6.26. The summed E-state index contributed by atoms with van der Waals surface area (Å²) in [5.41, 5.74) is 0.0720. The number of Topliss-reactive ketones (excluding diaryl/α,β-unsaturated/α-hetero) is 2. The van der Waals surface area contributed by atoms with E-state index in [4.69, 9.17) is 9.47 Å². The highest BCUT2D eigenvalue weighted by Gasteiger charge is 2.36. The Balaban J connectivity index is 2.73. The van der Waals surface area contributed by atoms with Gasteiger partial charge in [-0.3, -0.25) is 9.59 Å². The van der Waals surface area contributed by atoms with Gasteiger partial charge in [-0.2, -0.15) is 0 Å². The summed E-state index contributed by atoms with van der Waals surface area (Å²) in [5.74, 6) is -1.61. The van der Waals surface area contributed by atoms with Crippen molar-refractivity contribution in [3.05, 3.63) is 40.8 Å². The number of hydrogen-bond acceptors (Lipinski definition) is 5. The lowest BCUT2D eigenvalue weighted by atomic mass is 9.91. The van der Waals surface area contributed by atoms with Gasteiger partial charge in [-0.15, -0.1) is 0 Å². The Morgan fingerprint density at radius 2 is 1.59 bits per heavy atom. The Morgan fingerprint density at radius 3 is 2.18 bits per heavy atom. The van der Waals surface area contributed by atoms with E-state index < -0.39 is 11.6 Å². The summed E-state index contributed by atoms with van der Waals surface area (Å²) in [7, 11) is 2.55. The molecular weight excluding hydrogens is 224 g/mol. The van der Waals surface area contributed by atoms with Crippen LogP contribution in [0.4, 0.5) is 0 Å². The minimum absolute atomic E-state index is 0.0462. The number of phenols is 1. The Bertz CT molecular complexity index is 542. The third-order valence-corrected chi connectivity index (χ3v) is 2.54. The molecular formula is C12H10O5. The number of benzene rings is 1. The van der Waals surface area contributed by atoms with E-state index in [1.807, 2.05) is 0 Å². The fourth-order valence-electron chi connectivity index (χ4n) is 1.78. The Labute approximate surface area is 97.3 Å². The standard InChI is InChI=1S/C12H10O5/c1-16-11-9(14)6-4-3-5-7(13)8(6)10(15)12(11)17-2/h3-5,13H,1-2H3. The molecule has 17 heavy (non-hydrogen) atoms. The van der Waals surface area contributed by atoms with Gasteiger partial charge in [-0.25, -0.2) is 0 Å².